The number of esters is 1. The van der Waals surface area contributed by atoms with Gasteiger partial charge in [0.2, 0.25) is 0 Å². The molecule has 0 radical (unpaired) electrons. The Morgan fingerprint density at radius 1 is 1.04 bits per heavy atom. The second-order valence-electron chi connectivity index (χ2n) is 6.27. The van der Waals surface area contributed by atoms with Crippen LogP contribution in [0.1, 0.15) is 22.8 Å². The van der Waals surface area contributed by atoms with Gasteiger partial charge in [-0.15, -0.1) is 0 Å². The molecule has 0 spiro atoms. The number of pyridine rings is 1. The van der Waals surface area contributed by atoms with E-state index in [2.05, 4.69) is 4.98 Å². The summed E-state index contributed by atoms with van der Waals surface area (Å²) in [7, 11) is 0. The van der Waals surface area contributed by atoms with Gasteiger partial charge in [0.15, 0.2) is 0 Å². The molecule has 148 valence electrons. The lowest BCUT2D eigenvalue weighted by Crippen LogP contribution is -2.49. The third-order valence-electron chi connectivity index (χ3n) is 4.34. The van der Waals surface area contributed by atoms with Crippen molar-refractivity contribution in [2.75, 3.05) is 31.1 Å². The molecule has 9 heteroatoms. The van der Waals surface area contributed by atoms with Gasteiger partial charge in [0.25, 0.3) is 5.91 Å². The van der Waals surface area contributed by atoms with Crippen LogP contribution in [0.15, 0.2) is 42.6 Å². The first-order valence-corrected chi connectivity index (χ1v) is 8.60. The third kappa shape index (κ3) is 4.41. The van der Waals surface area contributed by atoms with E-state index in [0.717, 1.165) is 12.3 Å². The first kappa shape index (κ1) is 19.7. The normalized spacial score (nSPS) is 14.7. The maximum atomic E-state index is 12.8. The van der Waals surface area contributed by atoms with Crippen LogP contribution in [0.2, 0.25) is 0 Å². The van der Waals surface area contributed by atoms with E-state index in [1.165, 1.54) is 13.0 Å². The van der Waals surface area contributed by atoms with E-state index in [0.29, 0.717) is 37.6 Å². The minimum absolute atomic E-state index is 0.201. The number of rotatable bonds is 3. The van der Waals surface area contributed by atoms with Crippen molar-refractivity contribution in [3.63, 3.8) is 0 Å². The number of piperazine rings is 1. The molecule has 0 N–H and O–H groups in total. The molecule has 3 rings (SSSR count). The molecule has 0 bridgehead atoms. The van der Waals surface area contributed by atoms with Crippen LogP contribution >= 0.6 is 0 Å². The Balaban J connectivity index is 1.66. The van der Waals surface area contributed by atoms with Gasteiger partial charge >= 0.3 is 12.1 Å². The first-order chi connectivity index (χ1) is 13.3. The van der Waals surface area contributed by atoms with E-state index >= 15 is 0 Å². The van der Waals surface area contributed by atoms with Crippen LogP contribution in [0, 0.1) is 0 Å². The number of aromatic nitrogens is 1. The summed E-state index contributed by atoms with van der Waals surface area (Å²) in [5, 5.41) is 0. The Morgan fingerprint density at radius 3 is 2.29 bits per heavy atom. The second-order valence-corrected chi connectivity index (χ2v) is 6.27. The fourth-order valence-electron chi connectivity index (χ4n) is 2.94. The highest BCUT2D eigenvalue weighted by Crippen LogP contribution is 2.29. The molecule has 1 aromatic carbocycles. The number of anilines is 1. The average Bonchev–Trinajstić information content (AvgIpc) is 2.67. The number of hydrogen-bond donors (Lipinski definition) is 0. The number of alkyl halides is 3. The van der Waals surface area contributed by atoms with Crippen molar-refractivity contribution in [3.05, 3.63) is 53.7 Å². The Morgan fingerprint density at radius 2 is 1.71 bits per heavy atom. The smallest absolute Gasteiger partial charge is 0.417 e. The molecular weight excluding hydrogens is 375 g/mol. The van der Waals surface area contributed by atoms with Gasteiger partial charge in [-0.05, 0) is 24.3 Å². The maximum absolute atomic E-state index is 12.8. The van der Waals surface area contributed by atoms with Crippen LogP contribution in [0.5, 0.6) is 5.75 Å². The summed E-state index contributed by atoms with van der Waals surface area (Å²) in [5.41, 5.74) is -0.508. The van der Waals surface area contributed by atoms with Crippen LogP contribution in [-0.2, 0) is 11.0 Å². The molecule has 0 aliphatic carbocycles. The lowest BCUT2D eigenvalue weighted by Gasteiger charge is -2.35. The number of benzene rings is 1. The molecule has 1 aliphatic heterocycles. The summed E-state index contributed by atoms with van der Waals surface area (Å²) >= 11 is 0. The molecule has 1 aliphatic rings. The lowest BCUT2D eigenvalue weighted by atomic mass is 10.1. The Bertz CT molecular complexity index is 861. The quantitative estimate of drug-likeness (QED) is 0.593. The van der Waals surface area contributed by atoms with E-state index in [9.17, 15) is 22.8 Å². The van der Waals surface area contributed by atoms with Gasteiger partial charge in [0, 0.05) is 39.3 Å². The van der Waals surface area contributed by atoms with E-state index in [1.54, 1.807) is 29.2 Å². The van der Waals surface area contributed by atoms with Crippen molar-refractivity contribution < 1.29 is 27.5 Å². The number of carbonyl (C=O) groups is 2. The van der Waals surface area contributed by atoms with Crippen LogP contribution in [0.4, 0.5) is 19.0 Å². The highest BCUT2D eigenvalue weighted by molar-refractivity contribution is 5.97. The van der Waals surface area contributed by atoms with Crippen molar-refractivity contribution in [3.8, 4) is 5.75 Å². The number of carbonyl (C=O) groups excluding carboxylic acids is 2. The SMILES string of the molecule is CC(=O)Oc1ccccc1C(=O)N1CCN(c2ccc(C(F)(F)F)cn2)CC1. The van der Waals surface area contributed by atoms with Gasteiger partial charge < -0.3 is 14.5 Å². The summed E-state index contributed by atoms with van der Waals surface area (Å²) in [6, 6.07) is 8.82. The minimum atomic E-state index is -4.42. The largest absolute Gasteiger partial charge is 0.426 e. The zero-order valence-corrected chi connectivity index (χ0v) is 15.1. The summed E-state index contributed by atoms with van der Waals surface area (Å²) in [6.07, 6.45) is -3.62. The minimum Gasteiger partial charge on any atom is -0.426 e. The number of hydrogen-bond acceptors (Lipinski definition) is 5. The molecule has 6 nitrogen and oxygen atoms in total. The molecule has 28 heavy (non-hydrogen) atoms. The van der Waals surface area contributed by atoms with Crippen LogP contribution in [-0.4, -0.2) is 47.9 Å². The molecule has 1 amide bonds. The number of halogens is 3. The van der Waals surface area contributed by atoms with Gasteiger partial charge in [-0.1, -0.05) is 12.1 Å². The standard InChI is InChI=1S/C19H18F3N3O3/c1-13(26)28-16-5-3-2-4-15(16)18(27)25-10-8-24(9-11-25)17-7-6-14(12-23-17)19(20,21)22/h2-7,12H,8-11H2,1H3. The predicted octanol–water partition coefficient (Wildman–Crippen LogP) is 2.99. The number of nitrogens with zero attached hydrogens (tertiary/aromatic N) is 3. The van der Waals surface area contributed by atoms with Crippen molar-refractivity contribution in [1.29, 1.82) is 0 Å². The average molecular weight is 393 g/mol. The monoisotopic (exact) mass is 393 g/mol. The van der Waals surface area contributed by atoms with Gasteiger partial charge in [0.05, 0.1) is 11.1 Å². The topological polar surface area (TPSA) is 62.7 Å². The first-order valence-electron chi connectivity index (χ1n) is 8.60. The van der Waals surface area contributed by atoms with Crippen molar-refractivity contribution in [2.45, 2.75) is 13.1 Å². The number of ether oxygens (including phenoxy) is 1. The fraction of sp³-hybridized carbons (Fsp3) is 0.316. The fourth-order valence-corrected chi connectivity index (χ4v) is 2.94. The molecule has 2 aromatic rings. The van der Waals surface area contributed by atoms with Gasteiger partial charge in [0.1, 0.15) is 11.6 Å². The van der Waals surface area contributed by atoms with Gasteiger partial charge in [-0.25, -0.2) is 4.98 Å². The van der Waals surface area contributed by atoms with E-state index < -0.39 is 17.7 Å². The molecule has 0 unspecified atom stereocenters. The van der Waals surface area contributed by atoms with Crippen LogP contribution in [0.3, 0.4) is 0 Å². The van der Waals surface area contributed by atoms with E-state index in [-0.39, 0.29) is 11.7 Å². The summed E-state index contributed by atoms with van der Waals surface area (Å²) in [5.74, 6) is -0.150. The summed E-state index contributed by atoms with van der Waals surface area (Å²) < 4.78 is 43.0. The van der Waals surface area contributed by atoms with E-state index in [1.807, 2.05) is 4.90 Å². The van der Waals surface area contributed by atoms with Crippen molar-refractivity contribution in [2.24, 2.45) is 0 Å². The molecule has 1 fully saturated rings. The summed E-state index contributed by atoms with van der Waals surface area (Å²) in [4.78, 5) is 31.3. The van der Waals surface area contributed by atoms with Crippen LogP contribution < -0.4 is 9.64 Å². The second kappa shape index (κ2) is 7.87. The summed E-state index contributed by atoms with van der Waals surface area (Å²) in [6.45, 7) is 2.86. The molecular formula is C19H18F3N3O3. The number of para-hydroxylation sites is 1. The Hall–Kier alpha value is -3.10. The predicted molar refractivity (Wildman–Crippen MR) is 95.1 cm³/mol. The maximum Gasteiger partial charge on any atom is 0.417 e. The van der Waals surface area contributed by atoms with Crippen molar-refractivity contribution in [1.82, 2.24) is 9.88 Å². The van der Waals surface area contributed by atoms with Crippen LogP contribution in [0.25, 0.3) is 0 Å². The van der Waals surface area contributed by atoms with Gasteiger partial charge in [-0.2, -0.15) is 13.2 Å². The molecule has 1 saturated heterocycles. The molecule has 2 heterocycles. The molecule has 0 atom stereocenters. The Labute approximate surface area is 159 Å². The Kier molecular flexibility index (Phi) is 5.53. The van der Waals surface area contributed by atoms with Gasteiger partial charge in [-0.3, -0.25) is 9.59 Å². The van der Waals surface area contributed by atoms with E-state index in [4.69, 9.17) is 4.74 Å². The zero-order chi connectivity index (χ0) is 20.3. The zero-order valence-electron chi connectivity index (χ0n) is 15.1. The lowest BCUT2D eigenvalue weighted by molar-refractivity contribution is -0.137. The number of amides is 1. The highest BCUT2D eigenvalue weighted by Gasteiger charge is 2.31. The molecule has 1 aromatic heterocycles. The highest BCUT2D eigenvalue weighted by atomic mass is 19.4. The molecule has 0 saturated carbocycles. The van der Waals surface area contributed by atoms with Crippen molar-refractivity contribution >= 4 is 17.7 Å². The third-order valence-corrected chi connectivity index (χ3v) is 4.34.